The van der Waals surface area contributed by atoms with Crippen LogP contribution in [-0.2, 0) is 4.79 Å². The summed E-state index contributed by atoms with van der Waals surface area (Å²) < 4.78 is 10.4. The van der Waals surface area contributed by atoms with Crippen LogP contribution in [0.3, 0.4) is 0 Å². The second kappa shape index (κ2) is 7.72. The Balaban J connectivity index is 1.89. The average molecular weight is 382 g/mol. The van der Waals surface area contributed by atoms with Crippen LogP contribution in [0.1, 0.15) is 34.6 Å². The molecule has 7 nitrogen and oxygen atoms in total. The van der Waals surface area contributed by atoms with Crippen LogP contribution in [-0.4, -0.2) is 42.9 Å². The Morgan fingerprint density at radius 3 is 2.00 bits per heavy atom. The highest BCUT2D eigenvalue weighted by molar-refractivity contribution is 6.23. The average Bonchev–Trinajstić information content (AvgIpc) is 2.93. The van der Waals surface area contributed by atoms with Gasteiger partial charge in [-0.2, -0.15) is 0 Å². The lowest BCUT2D eigenvalue weighted by Crippen LogP contribution is -2.50. The molecule has 146 valence electrons. The predicted octanol–water partition coefficient (Wildman–Crippen LogP) is 2.96. The zero-order valence-electron chi connectivity index (χ0n) is 16.2. The molecule has 1 unspecified atom stereocenters. The third kappa shape index (κ3) is 3.31. The van der Waals surface area contributed by atoms with Crippen LogP contribution in [0.15, 0.2) is 42.5 Å². The molecular weight excluding hydrogens is 360 g/mol. The van der Waals surface area contributed by atoms with E-state index in [0.29, 0.717) is 28.3 Å². The Kier molecular flexibility index (Phi) is 5.35. The van der Waals surface area contributed by atoms with Gasteiger partial charge in [0, 0.05) is 11.8 Å². The monoisotopic (exact) mass is 382 g/mol. The number of benzene rings is 2. The Labute approximate surface area is 163 Å². The zero-order valence-corrected chi connectivity index (χ0v) is 16.2. The number of carbonyl (C=O) groups excluding carboxylic acids is 3. The second-order valence-electron chi connectivity index (χ2n) is 6.77. The summed E-state index contributed by atoms with van der Waals surface area (Å²) in [5.74, 6) is -0.647. The number of imide groups is 1. The highest BCUT2D eigenvalue weighted by Crippen LogP contribution is 2.31. The fourth-order valence-electron chi connectivity index (χ4n) is 3.31. The molecule has 1 aliphatic rings. The number of carbonyl (C=O) groups is 3. The van der Waals surface area contributed by atoms with Gasteiger partial charge in [-0.25, -0.2) is 0 Å². The molecule has 0 bridgehead atoms. The van der Waals surface area contributed by atoms with E-state index in [1.807, 2.05) is 0 Å². The van der Waals surface area contributed by atoms with Crippen LogP contribution in [0.2, 0.25) is 0 Å². The van der Waals surface area contributed by atoms with Gasteiger partial charge in [-0.3, -0.25) is 19.3 Å². The summed E-state index contributed by atoms with van der Waals surface area (Å²) >= 11 is 0. The molecule has 0 aromatic heterocycles. The van der Waals surface area contributed by atoms with Gasteiger partial charge in [-0.15, -0.1) is 0 Å². The molecule has 1 aliphatic heterocycles. The number of anilines is 1. The largest absolute Gasteiger partial charge is 0.493 e. The lowest BCUT2D eigenvalue weighted by atomic mass is 10.0. The molecule has 0 fully saturated rings. The van der Waals surface area contributed by atoms with E-state index in [9.17, 15) is 14.4 Å². The number of amides is 3. The number of ether oxygens (including phenoxy) is 2. The summed E-state index contributed by atoms with van der Waals surface area (Å²) in [7, 11) is 3.02. The molecule has 2 aromatic carbocycles. The number of nitrogens with one attached hydrogen (secondary N) is 1. The lowest BCUT2D eigenvalue weighted by Gasteiger charge is -2.28. The highest BCUT2D eigenvalue weighted by atomic mass is 16.5. The molecular formula is C21H22N2O5. The molecule has 28 heavy (non-hydrogen) atoms. The van der Waals surface area contributed by atoms with Crippen molar-refractivity contribution in [3.8, 4) is 11.5 Å². The first-order valence-electron chi connectivity index (χ1n) is 8.88. The van der Waals surface area contributed by atoms with Crippen molar-refractivity contribution < 1.29 is 23.9 Å². The van der Waals surface area contributed by atoms with E-state index < -0.39 is 23.8 Å². The maximum absolute atomic E-state index is 13.0. The first kappa shape index (κ1) is 19.4. The number of hydrogen-bond donors (Lipinski definition) is 1. The van der Waals surface area contributed by atoms with Gasteiger partial charge in [0.2, 0.25) is 5.91 Å². The Hall–Kier alpha value is -3.35. The molecule has 3 rings (SSSR count). The molecule has 1 N–H and O–H groups in total. The molecule has 3 amide bonds. The van der Waals surface area contributed by atoms with Gasteiger partial charge in [0.1, 0.15) is 6.04 Å². The van der Waals surface area contributed by atoms with Gasteiger partial charge in [-0.05, 0) is 30.2 Å². The summed E-state index contributed by atoms with van der Waals surface area (Å²) in [6.07, 6.45) is 0. The van der Waals surface area contributed by atoms with Gasteiger partial charge in [0.15, 0.2) is 11.5 Å². The number of rotatable bonds is 6. The summed E-state index contributed by atoms with van der Waals surface area (Å²) in [6.45, 7) is 3.59. The molecule has 0 saturated carbocycles. The first-order valence-corrected chi connectivity index (χ1v) is 8.88. The fraction of sp³-hybridized carbons (Fsp3) is 0.286. The summed E-state index contributed by atoms with van der Waals surface area (Å²) in [4.78, 5) is 39.6. The van der Waals surface area contributed by atoms with Crippen molar-refractivity contribution in [1.29, 1.82) is 0 Å². The van der Waals surface area contributed by atoms with Gasteiger partial charge < -0.3 is 14.8 Å². The van der Waals surface area contributed by atoms with Crippen molar-refractivity contribution in [1.82, 2.24) is 4.90 Å². The van der Waals surface area contributed by atoms with Crippen LogP contribution >= 0.6 is 0 Å². The second-order valence-corrected chi connectivity index (χ2v) is 6.77. The minimum absolute atomic E-state index is 0.276. The zero-order chi connectivity index (χ0) is 20.4. The van der Waals surface area contributed by atoms with E-state index in [4.69, 9.17) is 9.47 Å². The first-order chi connectivity index (χ1) is 13.4. The molecule has 0 spiro atoms. The van der Waals surface area contributed by atoms with E-state index in [-0.39, 0.29) is 5.92 Å². The van der Waals surface area contributed by atoms with Crippen LogP contribution in [0, 0.1) is 5.92 Å². The summed E-state index contributed by atoms with van der Waals surface area (Å²) in [5, 5.41) is 2.77. The van der Waals surface area contributed by atoms with Crippen molar-refractivity contribution in [2.45, 2.75) is 19.9 Å². The molecule has 7 heteroatoms. The maximum Gasteiger partial charge on any atom is 0.262 e. The van der Waals surface area contributed by atoms with E-state index in [1.165, 1.54) is 14.2 Å². The molecule has 1 heterocycles. The normalized spacial score (nSPS) is 14.1. The standard InChI is InChI=1S/C21H22N2O5/c1-12(2)18(23-20(25)14-7-5-6-8-15(14)21(23)26)19(24)22-13-9-10-16(27-3)17(11-13)28-4/h5-12,18H,1-4H3,(H,22,24). The summed E-state index contributed by atoms with van der Waals surface area (Å²) in [6, 6.07) is 10.6. The van der Waals surface area contributed by atoms with Crippen molar-refractivity contribution in [2.24, 2.45) is 5.92 Å². The van der Waals surface area contributed by atoms with Crippen LogP contribution in [0.25, 0.3) is 0 Å². The smallest absolute Gasteiger partial charge is 0.262 e. The van der Waals surface area contributed by atoms with Crippen LogP contribution in [0.4, 0.5) is 5.69 Å². The van der Waals surface area contributed by atoms with Crippen molar-refractivity contribution in [3.63, 3.8) is 0 Å². The highest BCUT2D eigenvalue weighted by Gasteiger charge is 2.43. The maximum atomic E-state index is 13.0. The van der Waals surface area contributed by atoms with Gasteiger partial charge in [0.05, 0.1) is 25.3 Å². The Bertz CT molecular complexity index is 903. The van der Waals surface area contributed by atoms with E-state index in [1.54, 1.807) is 56.3 Å². The number of fused-ring (bicyclic) bond motifs is 1. The quantitative estimate of drug-likeness (QED) is 0.777. The molecule has 1 atom stereocenters. The van der Waals surface area contributed by atoms with E-state index >= 15 is 0 Å². The summed E-state index contributed by atoms with van der Waals surface area (Å²) in [5.41, 5.74) is 1.11. The van der Waals surface area contributed by atoms with Crippen molar-refractivity contribution >= 4 is 23.4 Å². The topological polar surface area (TPSA) is 84.9 Å². The molecule has 0 aliphatic carbocycles. The SMILES string of the molecule is COc1ccc(NC(=O)C(C(C)C)N2C(=O)c3ccccc3C2=O)cc1OC. The third-order valence-corrected chi connectivity index (χ3v) is 4.65. The van der Waals surface area contributed by atoms with Crippen molar-refractivity contribution in [2.75, 3.05) is 19.5 Å². The van der Waals surface area contributed by atoms with E-state index in [2.05, 4.69) is 5.32 Å². The Morgan fingerprint density at radius 1 is 0.929 bits per heavy atom. The van der Waals surface area contributed by atoms with E-state index in [0.717, 1.165) is 4.90 Å². The lowest BCUT2D eigenvalue weighted by molar-refractivity contribution is -0.121. The minimum atomic E-state index is -0.944. The van der Waals surface area contributed by atoms with Crippen LogP contribution < -0.4 is 14.8 Å². The van der Waals surface area contributed by atoms with Gasteiger partial charge in [-0.1, -0.05) is 26.0 Å². The molecule has 0 saturated heterocycles. The number of nitrogens with zero attached hydrogens (tertiary/aromatic N) is 1. The third-order valence-electron chi connectivity index (χ3n) is 4.65. The number of hydrogen-bond acceptors (Lipinski definition) is 5. The number of methoxy groups -OCH3 is 2. The van der Waals surface area contributed by atoms with Crippen LogP contribution in [0.5, 0.6) is 11.5 Å². The molecule has 0 radical (unpaired) electrons. The predicted molar refractivity (Wildman–Crippen MR) is 104 cm³/mol. The fourth-order valence-corrected chi connectivity index (χ4v) is 3.31. The Morgan fingerprint density at radius 2 is 1.50 bits per heavy atom. The minimum Gasteiger partial charge on any atom is -0.493 e. The van der Waals surface area contributed by atoms with Gasteiger partial charge in [0.25, 0.3) is 11.8 Å². The molecule has 2 aromatic rings. The van der Waals surface area contributed by atoms with Crippen molar-refractivity contribution in [3.05, 3.63) is 53.6 Å². The van der Waals surface area contributed by atoms with Gasteiger partial charge >= 0.3 is 0 Å².